The van der Waals surface area contributed by atoms with Crippen molar-refractivity contribution in [3.05, 3.63) is 59.4 Å². The van der Waals surface area contributed by atoms with Crippen LogP contribution in [0.1, 0.15) is 28.8 Å². The molecule has 0 unspecified atom stereocenters. The fraction of sp³-hybridized carbons (Fsp3) is 0.300. The van der Waals surface area contributed by atoms with Crippen LogP contribution >= 0.6 is 0 Å². The number of benzene rings is 2. The zero-order valence-corrected chi connectivity index (χ0v) is 14.9. The van der Waals surface area contributed by atoms with Gasteiger partial charge in [-0.1, -0.05) is 6.07 Å². The van der Waals surface area contributed by atoms with Crippen LogP contribution in [-0.2, 0) is 6.42 Å². The summed E-state index contributed by atoms with van der Waals surface area (Å²) in [7, 11) is 3.24. The molecule has 0 saturated carbocycles. The van der Waals surface area contributed by atoms with Crippen molar-refractivity contribution >= 4 is 11.6 Å². The van der Waals surface area contributed by atoms with Gasteiger partial charge in [-0.05, 0) is 48.7 Å². The molecule has 1 aliphatic rings. The Labute approximate surface area is 152 Å². The molecule has 1 aliphatic heterocycles. The standard InChI is InChI=1S/C20H21FN2O3/c1-25-18-10-14(11-19(13-18)26-2)6-7-17-8-9-23(22-17)20(24)15-4-3-5-16(21)12-15/h3-5,10-13H,6-9H2,1-2H3. The molecule has 0 radical (unpaired) electrons. The van der Waals surface area contributed by atoms with Crippen molar-refractivity contribution in [1.29, 1.82) is 0 Å². The second-order valence-corrected chi connectivity index (χ2v) is 6.08. The van der Waals surface area contributed by atoms with E-state index in [-0.39, 0.29) is 5.91 Å². The summed E-state index contributed by atoms with van der Waals surface area (Å²) in [4.78, 5) is 12.4. The van der Waals surface area contributed by atoms with Crippen LogP contribution in [0.4, 0.5) is 4.39 Å². The molecule has 26 heavy (non-hydrogen) atoms. The summed E-state index contributed by atoms with van der Waals surface area (Å²) < 4.78 is 23.9. The Morgan fingerprint density at radius 1 is 1.12 bits per heavy atom. The van der Waals surface area contributed by atoms with Crippen LogP contribution in [0, 0.1) is 5.82 Å². The molecular formula is C20H21FN2O3. The summed E-state index contributed by atoms with van der Waals surface area (Å²) in [5, 5.41) is 5.82. The van der Waals surface area contributed by atoms with Crippen molar-refractivity contribution < 1.29 is 18.7 Å². The number of ether oxygens (including phenoxy) is 2. The maximum absolute atomic E-state index is 13.3. The SMILES string of the molecule is COc1cc(CCC2=NN(C(=O)c3cccc(F)c3)CC2)cc(OC)c1. The molecule has 0 saturated heterocycles. The van der Waals surface area contributed by atoms with E-state index >= 15 is 0 Å². The quantitative estimate of drug-likeness (QED) is 0.793. The van der Waals surface area contributed by atoms with Gasteiger partial charge in [0.05, 0.1) is 20.8 Å². The maximum Gasteiger partial charge on any atom is 0.274 e. The lowest BCUT2D eigenvalue weighted by Gasteiger charge is -2.11. The summed E-state index contributed by atoms with van der Waals surface area (Å²) in [6.45, 7) is 0.520. The molecule has 2 aromatic carbocycles. The van der Waals surface area contributed by atoms with Gasteiger partial charge in [-0.15, -0.1) is 0 Å². The maximum atomic E-state index is 13.3. The van der Waals surface area contributed by atoms with Gasteiger partial charge in [0, 0.05) is 23.8 Å². The number of hydrazone groups is 1. The van der Waals surface area contributed by atoms with Crippen LogP contribution in [0.2, 0.25) is 0 Å². The number of aryl methyl sites for hydroxylation is 1. The highest BCUT2D eigenvalue weighted by Crippen LogP contribution is 2.24. The second kappa shape index (κ2) is 7.99. The monoisotopic (exact) mass is 356 g/mol. The van der Waals surface area contributed by atoms with E-state index in [9.17, 15) is 9.18 Å². The van der Waals surface area contributed by atoms with Crippen LogP contribution in [0.3, 0.4) is 0 Å². The van der Waals surface area contributed by atoms with Gasteiger partial charge in [0.2, 0.25) is 0 Å². The summed E-state index contributed by atoms with van der Waals surface area (Å²) in [5.74, 6) is 0.792. The minimum absolute atomic E-state index is 0.275. The first-order chi connectivity index (χ1) is 12.6. The largest absolute Gasteiger partial charge is 0.497 e. The lowest BCUT2D eigenvalue weighted by Crippen LogP contribution is -2.23. The van der Waals surface area contributed by atoms with E-state index in [1.54, 1.807) is 20.3 Å². The Bertz CT molecular complexity index is 813. The fourth-order valence-electron chi connectivity index (χ4n) is 2.90. The zero-order chi connectivity index (χ0) is 18.5. The smallest absolute Gasteiger partial charge is 0.274 e. The molecule has 0 N–H and O–H groups in total. The Morgan fingerprint density at radius 3 is 2.50 bits per heavy atom. The molecule has 3 rings (SSSR count). The van der Waals surface area contributed by atoms with Gasteiger partial charge in [-0.3, -0.25) is 4.79 Å². The molecule has 0 aliphatic carbocycles. The first-order valence-electron chi connectivity index (χ1n) is 8.45. The van der Waals surface area contributed by atoms with Crippen molar-refractivity contribution in [2.75, 3.05) is 20.8 Å². The van der Waals surface area contributed by atoms with E-state index < -0.39 is 5.82 Å². The van der Waals surface area contributed by atoms with Gasteiger partial charge < -0.3 is 9.47 Å². The summed E-state index contributed by atoms with van der Waals surface area (Å²) in [6, 6.07) is 11.4. The van der Waals surface area contributed by atoms with E-state index in [2.05, 4.69) is 5.10 Å². The van der Waals surface area contributed by atoms with Gasteiger partial charge in [0.1, 0.15) is 17.3 Å². The average molecular weight is 356 g/mol. The third-order valence-electron chi connectivity index (χ3n) is 4.29. The highest BCUT2D eigenvalue weighted by Gasteiger charge is 2.22. The Kier molecular flexibility index (Phi) is 5.51. The molecule has 0 spiro atoms. The van der Waals surface area contributed by atoms with Crippen LogP contribution in [0.25, 0.3) is 0 Å². The minimum Gasteiger partial charge on any atom is -0.497 e. The molecule has 5 nitrogen and oxygen atoms in total. The number of nitrogens with zero attached hydrogens (tertiary/aromatic N) is 2. The summed E-state index contributed by atoms with van der Waals surface area (Å²) >= 11 is 0. The van der Waals surface area contributed by atoms with E-state index in [1.165, 1.54) is 23.2 Å². The van der Waals surface area contributed by atoms with Crippen LogP contribution in [-0.4, -0.2) is 37.4 Å². The summed E-state index contributed by atoms with van der Waals surface area (Å²) in [6.07, 6.45) is 2.24. The van der Waals surface area contributed by atoms with Gasteiger partial charge in [0.15, 0.2) is 0 Å². The molecule has 1 amide bonds. The topological polar surface area (TPSA) is 51.1 Å². The van der Waals surface area contributed by atoms with Gasteiger partial charge >= 0.3 is 0 Å². The van der Waals surface area contributed by atoms with E-state index in [4.69, 9.17) is 9.47 Å². The fourth-order valence-corrected chi connectivity index (χ4v) is 2.90. The summed E-state index contributed by atoms with van der Waals surface area (Å²) in [5.41, 5.74) is 2.35. The minimum atomic E-state index is -0.425. The van der Waals surface area contributed by atoms with Crippen molar-refractivity contribution in [3.8, 4) is 11.5 Å². The molecule has 2 aromatic rings. The zero-order valence-electron chi connectivity index (χ0n) is 14.9. The first-order valence-corrected chi connectivity index (χ1v) is 8.45. The van der Waals surface area contributed by atoms with E-state index in [1.807, 2.05) is 18.2 Å². The highest BCUT2D eigenvalue weighted by atomic mass is 19.1. The Hall–Kier alpha value is -2.89. The third-order valence-corrected chi connectivity index (χ3v) is 4.29. The predicted molar refractivity (Wildman–Crippen MR) is 97.4 cm³/mol. The number of hydrogen-bond donors (Lipinski definition) is 0. The molecular weight excluding hydrogens is 335 g/mol. The first kappa shape index (κ1) is 17.9. The highest BCUT2D eigenvalue weighted by molar-refractivity contribution is 5.97. The Balaban J connectivity index is 1.65. The molecule has 0 aromatic heterocycles. The van der Waals surface area contributed by atoms with Gasteiger partial charge in [-0.25, -0.2) is 9.40 Å². The van der Waals surface area contributed by atoms with Crippen molar-refractivity contribution in [1.82, 2.24) is 5.01 Å². The molecule has 6 heteroatoms. The molecule has 1 heterocycles. The lowest BCUT2D eigenvalue weighted by molar-refractivity contribution is 0.0777. The third kappa shape index (κ3) is 4.20. The Morgan fingerprint density at radius 2 is 1.85 bits per heavy atom. The average Bonchev–Trinajstić information content (AvgIpc) is 3.14. The number of methoxy groups -OCH3 is 2. The number of amides is 1. The molecule has 0 atom stereocenters. The van der Waals surface area contributed by atoms with Gasteiger partial charge in [-0.2, -0.15) is 5.10 Å². The second-order valence-electron chi connectivity index (χ2n) is 6.08. The van der Waals surface area contributed by atoms with Crippen LogP contribution in [0.5, 0.6) is 11.5 Å². The molecule has 0 bridgehead atoms. The number of rotatable bonds is 6. The number of carbonyl (C=O) groups is 1. The van der Waals surface area contributed by atoms with Crippen molar-refractivity contribution in [3.63, 3.8) is 0 Å². The molecule has 0 fully saturated rings. The molecule has 136 valence electrons. The van der Waals surface area contributed by atoms with E-state index in [0.717, 1.165) is 42.0 Å². The van der Waals surface area contributed by atoms with Crippen molar-refractivity contribution in [2.45, 2.75) is 19.3 Å². The van der Waals surface area contributed by atoms with Gasteiger partial charge in [0.25, 0.3) is 5.91 Å². The normalized spacial score (nSPS) is 13.5. The predicted octanol–water partition coefficient (Wildman–Crippen LogP) is 3.68. The van der Waals surface area contributed by atoms with Crippen LogP contribution < -0.4 is 9.47 Å². The lowest BCUT2D eigenvalue weighted by atomic mass is 10.1. The van der Waals surface area contributed by atoms with Crippen LogP contribution in [0.15, 0.2) is 47.6 Å². The van der Waals surface area contributed by atoms with E-state index in [0.29, 0.717) is 12.1 Å². The number of hydrogen-bond acceptors (Lipinski definition) is 4. The number of halogens is 1. The number of carbonyl (C=O) groups excluding carboxylic acids is 1. The van der Waals surface area contributed by atoms with Crippen molar-refractivity contribution in [2.24, 2.45) is 5.10 Å².